The van der Waals surface area contributed by atoms with Gasteiger partial charge in [-0.05, 0) is 48.4 Å². The lowest BCUT2D eigenvalue weighted by Crippen LogP contribution is -2.06. The van der Waals surface area contributed by atoms with E-state index in [0.717, 1.165) is 11.3 Å². The molecule has 0 aliphatic heterocycles. The number of rotatable bonds is 4. The molecule has 0 saturated carbocycles. The van der Waals surface area contributed by atoms with Gasteiger partial charge in [-0.2, -0.15) is 0 Å². The van der Waals surface area contributed by atoms with E-state index in [1.165, 1.54) is 18.2 Å². The van der Waals surface area contributed by atoms with E-state index in [1.54, 1.807) is 14.0 Å². The van der Waals surface area contributed by atoms with Crippen LogP contribution in [0.1, 0.15) is 21.5 Å². The lowest BCUT2D eigenvalue weighted by molar-refractivity contribution is 0.0992. The predicted octanol–water partition coefficient (Wildman–Crippen LogP) is 3.57. The first-order valence-corrected chi connectivity index (χ1v) is 6.02. The zero-order valence-corrected chi connectivity index (χ0v) is 10.9. The van der Waals surface area contributed by atoms with Crippen LogP contribution in [-0.4, -0.2) is 12.9 Å². The van der Waals surface area contributed by atoms with E-state index in [1.807, 2.05) is 24.3 Å². The molecule has 98 valence electrons. The predicted molar refractivity (Wildman–Crippen MR) is 72.2 cm³/mol. The van der Waals surface area contributed by atoms with Gasteiger partial charge in [0.2, 0.25) is 0 Å². The minimum atomic E-state index is -0.321. The van der Waals surface area contributed by atoms with Crippen molar-refractivity contribution in [2.45, 2.75) is 13.3 Å². The highest BCUT2D eigenvalue weighted by Crippen LogP contribution is 2.16. The maximum absolute atomic E-state index is 13.0. The van der Waals surface area contributed by atoms with Crippen LogP contribution in [0.5, 0.6) is 5.75 Å². The van der Waals surface area contributed by atoms with Gasteiger partial charge in [0.25, 0.3) is 0 Å². The maximum Gasteiger partial charge on any atom is 0.167 e. The van der Waals surface area contributed by atoms with Crippen LogP contribution in [0.25, 0.3) is 0 Å². The number of hydrogen-bond acceptors (Lipinski definition) is 2. The highest BCUT2D eigenvalue weighted by Gasteiger charge is 2.10. The molecule has 0 unspecified atom stereocenters. The Bertz CT molecular complexity index is 588. The number of ether oxygens (including phenoxy) is 1. The van der Waals surface area contributed by atoms with Gasteiger partial charge >= 0.3 is 0 Å². The third-order valence-electron chi connectivity index (χ3n) is 3.01. The average molecular weight is 258 g/mol. The summed E-state index contributed by atoms with van der Waals surface area (Å²) in [6.07, 6.45) is 0.302. The fourth-order valence-corrected chi connectivity index (χ4v) is 1.96. The molecule has 2 aromatic carbocycles. The van der Waals surface area contributed by atoms with Gasteiger partial charge < -0.3 is 4.74 Å². The molecule has 0 atom stereocenters. The summed E-state index contributed by atoms with van der Waals surface area (Å²) in [5.74, 6) is 0.426. The summed E-state index contributed by atoms with van der Waals surface area (Å²) in [5, 5.41) is 0. The molecule has 0 bridgehead atoms. The van der Waals surface area contributed by atoms with E-state index in [-0.39, 0.29) is 11.6 Å². The number of hydrogen-bond donors (Lipinski definition) is 0. The normalized spacial score (nSPS) is 10.3. The Balaban J connectivity index is 2.15. The molecule has 2 rings (SSSR count). The standard InChI is InChI=1S/C16H15FO2/c1-11-9-13(17)5-8-15(11)16(18)10-12-3-6-14(19-2)7-4-12/h3-9H,10H2,1-2H3. The summed E-state index contributed by atoms with van der Waals surface area (Å²) in [4.78, 5) is 12.1. The van der Waals surface area contributed by atoms with Crippen LogP contribution < -0.4 is 4.74 Å². The molecule has 0 heterocycles. The van der Waals surface area contributed by atoms with E-state index in [2.05, 4.69) is 0 Å². The molecule has 0 N–H and O–H groups in total. The first-order chi connectivity index (χ1) is 9.10. The molecule has 0 aromatic heterocycles. The van der Waals surface area contributed by atoms with Crippen LogP contribution in [0.2, 0.25) is 0 Å². The van der Waals surface area contributed by atoms with Crippen molar-refractivity contribution in [1.29, 1.82) is 0 Å². The number of carbonyl (C=O) groups excluding carboxylic acids is 1. The van der Waals surface area contributed by atoms with Crippen LogP contribution >= 0.6 is 0 Å². The van der Waals surface area contributed by atoms with Gasteiger partial charge in [-0.25, -0.2) is 4.39 Å². The fourth-order valence-electron chi connectivity index (χ4n) is 1.96. The van der Waals surface area contributed by atoms with Gasteiger partial charge in [0.1, 0.15) is 11.6 Å². The Labute approximate surface area is 111 Å². The molecular formula is C16H15FO2. The van der Waals surface area contributed by atoms with Gasteiger partial charge in [-0.3, -0.25) is 4.79 Å². The molecule has 0 aliphatic carbocycles. The van der Waals surface area contributed by atoms with Gasteiger partial charge in [0, 0.05) is 12.0 Å². The summed E-state index contributed by atoms with van der Waals surface area (Å²) >= 11 is 0. The van der Waals surface area contributed by atoms with Crippen molar-refractivity contribution in [1.82, 2.24) is 0 Å². The van der Waals surface area contributed by atoms with Gasteiger partial charge in [0.05, 0.1) is 7.11 Å². The van der Waals surface area contributed by atoms with Gasteiger partial charge in [0.15, 0.2) is 5.78 Å². The molecule has 2 aromatic rings. The second kappa shape index (κ2) is 5.65. The zero-order chi connectivity index (χ0) is 13.8. The minimum absolute atomic E-state index is 0.0114. The summed E-state index contributed by atoms with van der Waals surface area (Å²) < 4.78 is 18.1. The highest BCUT2D eigenvalue weighted by molar-refractivity contribution is 5.98. The molecule has 0 saturated heterocycles. The van der Waals surface area contributed by atoms with E-state index in [4.69, 9.17) is 4.74 Å². The lowest BCUT2D eigenvalue weighted by Gasteiger charge is -2.06. The first-order valence-electron chi connectivity index (χ1n) is 6.02. The molecule has 0 spiro atoms. The number of aryl methyl sites for hydroxylation is 1. The number of ketones is 1. The van der Waals surface area contributed by atoms with Crippen LogP contribution in [0.15, 0.2) is 42.5 Å². The van der Waals surface area contributed by atoms with Gasteiger partial charge in [-0.15, -0.1) is 0 Å². The smallest absolute Gasteiger partial charge is 0.167 e. The molecule has 0 radical (unpaired) electrons. The molecule has 0 aliphatic rings. The minimum Gasteiger partial charge on any atom is -0.497 e. The molecular weight excluding hydrogens is 243 g/mol. The molecule has 3 heteroatoms. The number of halogens is 1. The second-order valence-electron chi connectivity index (χ2n) is 4.41. The largest absolute Gasteiger partial charge is 0.497 e. The van der Waals surface area contributed by atoms with Crippen LogP contribution in [0.4, 0.5) is 4.39 Å². The van der Waals surface area contributed by atoms with Crippen molar-refractivity contribution in [2.75, 3.05) is 7.11 Å². The Kier molecular flexibility index (Phi) is 3.95. The van der Waals surface area contributed by atoms with E-state index in [0.29, 0.717) is 17.5 Å². The Morgan fingerprint density at radius 2 is 1.84 bits per heavy atom. The average Bonchev–Trinajstić information content (AvgIpc) is 2.39. The van der Waals surface area contributed by atoms with Crippen molar-refractivity contribution in [3.63, 3.8) is 0 Å². The highest BCUT2D eigenvalue weighted by atomic mass is 19.1. The third kappa shape index (κ3) is 3.19. The quantitative estimate of drug-likeness (QED) is 0.784. The number of carbonyl (C=O) groups is 1. The van der Waals surface area contributed by atoms with E-state index in [9.17, 15) is 9.18 Å². The SMILES string of the molecule is COc1ccc(CC(=O)c2ccc(F)cc2C)cc1. The maximum atomic E-state index is 13.0. The molecule has 19 heavy (non-hydrogen) atoms. The fraction of sp³-hybridized carbons (Fsp3) is 0.188. The Morgan fingerprint density at radius 1 is 1.16 bits per heavy atom. The van der Waals surface area contributed by atoms with Crippen LogP contribution in [0, 0.1) is 12.7 Å². The third-order valence-corrected chi connectivity index (χ3v) is 3.01. The van der Waals surface area contributed by atoms with Gasteiger partial charge in [-0.1, -0.05) is 12.1 Å². The number of methoxy groups -OCH3 is 1. The summed E-state index contributed by atoms with van der Waals surface area (Å²) in [5.41, 5.74) is 2.14. The van der Waals surface area contributed by atoms with E-state index >= 15 is 0 Å². The Morgan fingerprint density at radius 3 is 2.42 bits per heavy atom. The van der Waals surface area contributed by atoms with Crippen molar-refractivity contribution in [2.24, 2.45) is 0 Å². The monoisotopic (exact) mass is 258 g/mol. The lowest BCUT2D eigenvalue weighted by atomic mass is 9.99. The summed E-state index contributed by atoms with van der Waals surface area (Å²) in [6, 6.07) is 11.6. The number of Topliss-reactive ketones (excluding diaryl/α,β-unsaturated/α-hetero) is 1. The van der Waals surface area contributed by atoms with Crippen molar-refractivity contribution < 1.29 is 13.9 Å². The summed E-state index contributed by atoms with van der Waals surface area (Å²) in [6.45, 7) is 1.74. The first kappa shape index (κ1) is 13.3. The topological polar surface area (TPSA) is 26.3 Å². The molecule has 2 nitrogen and oxygen atoms in total. The van der Waals surface area contributed by atoms with E-state index < -0.39 is 0 Å². The zero-order valence-electron chi connectivity index (χ0n) is 10.9. The van der Waals surface area contributed by atoms with Crippen molar-refractivity contribution in [3.8, 4) is 5.75 Å². The van der Waals surface area contributed by atoms with Crippen LogP contribution in [-0.2, 0) is 6.42 Å². The van der Waals surface area contributed by atoms with Crippen molar-refractivity contribution in [3.05, 3.63) is 65.0 Å². The number of benzene rings is 2. The van der Waals surface area contributed by atoms with Crippen molar-refractivity contribution >= 4 is 5.78 Å². The second-order valence-corrected chi connectivity index (χ2v) is 4.41. The molecule has 0 amide bonds. The Hall–Kier alpha value is -2.16. The molecule has 0 fully saturated rings. The van der Waals surface area contributed by atoms with Crippen LogP contribution in [0.3, 0.4) is 0 Å². The summed E-state index contributed by atoms with van der Waals surface area (Å²) in [7, 11) is 1.60.